The highest BCUT2D eigenvalue weighted by molar-refractivity contribution is 5.50. The van der Waals surface area contributed by atoms with Gasteiger partial charge in [0, 0.05) is 11.7 Å². The van der Waals surface area contributed by atoms with E-state index < -0.39 is 0 Å². The predicted octanol–water partition coefficient (Wildman–Crippen LogP) is 3.39. The molecule has 1 aromatic rings. The Hall–Kier alpha value is -0.980. The number of aryl methyl sites for hydroxylation is 2. The number of anilines is 1. The molecule has 1 nitrogen and oxygen atoms in total. The van der Waals surface area contributed by atoms with Crippen LogP contribution in [-0.2, 0) is 12.8 Å². The second-order valence-corrected chi connectivity index (χ2v) is 4.29. The van der Waals surface area contributed by atoms with Gasteiger partial charge in [0.1, 0.15) is 0 Å². The second-order valence-electron chi connectivity index (χ2n) is 4.29. The first-order valence-corrected chi connectivity index (χ1v) is 5.68. The quantitative estimate of drug-likeness (QED) is 0.768. The van der Waals surface area contributed by atoms with Crippen LogP contribution in [0.25, 0.3) is 0 Å². The van der Waals surface area contributed by atoms with Gasteiger partial charge in [-0.1, -0.05) is 13.0 Å². The first-order valence-electron chi connectivity index (χ1n) is 5.68. The van der Waals surface area contributed by atoms with E-state index in [1.165, 1.54) is 31.4 Å². The number of rotatable bonds is 3. The van der Waals surface area contributed by atoms with Crippen LogP contribution in [0.15, 0.2) is 18.2 Å². The Morgan fingerprint density at radius 1 is 1.29 bits per heavy atom. The highest BCUT2D eigenvalue weighted by Crippen LogP contribution is 2.25. The Labute approximate surface area is 86.5 Å². The highest BCUT2D eigenvalue weighted by Gasteiger charge is 2.10. The van der Waals surface area contributed by atoms with Gasteiger partial charge in [0.05, 0.1) is 0 Å². The van der Waals surface area contributed by atoms with Gasteiger partial charge < -0.3 is 5.32 Å². The molecule has 0 bridgehead atoms. The molecule has 0 spiro atoms. The van der Waals surface area contributed by atoms with Gasteiger partial charge in [-0.3, -0.25) is 0 Å². The van der Waals surface area contributed by atoms with Crippen molar-refractivity contribution in [2.24, 2.45) is 0 Å². The fourth-order valence-electron chi connectivity index (χ4n) is 2.05. The molecule has 0 heterocycles. The molecule has 76 valence electrons. The molecule has 1 aromatic carbocycles. The smallest absolute Gasteiger partial charge is 0.0345 e. The first-order chi connectivity index (χ1) is 6.79. The number of benzene rings is 1. The molecule has 0 radical (unpaired) electrons. The summed E-state index contributed by atoms with van der Waals surface area (Å²) in [5.41, 5.74) is 4.40. The van der Waals surface area contributed by atoms with Crippen molar-refractivity contribution in [3.63, 3.8) is 0 Å². The van der Waals surface area contributed by atoms with Gasteiger partial charge in [-0.2, -0.15) is 0 Å². The molecule has 0 saturated heterocycles. The molecule has 0 aromatic heterocycles. The first kappa shape index (κ1) is 9.57. The van der Waals surface area contributed by atoms with Crippen LogP contribution in [0.5, 0.6) is 0 Å². The summed E-state index contributed by atoms with van der Waals surface area (Å²) in [6.45, 7) is 4.44. The molecule has 0 aliphatic heterocycles. The summed E-state index contributed by atoms with van der Waals surface area (Å²) in [5.74, 6) is 0. The monoisotopic (exact) mass is 189 g/mol. The molecular formula is C13H19N. The number of hydrogen-bond donors (Lipinski definition) is 1. The Balaban J connectivity index is 2.12. The van der Waals surface area contributed by atoms with Crippen molar-refractivity contribution in [3.05, 3.63) is 29.3 Å². The standard InChI is InChI=1S/C13H19N/c1-3-10(2)14-13-8-7-11-5-4-6-12(11)9-13/h7-10,14H,3-6H2,1-2H3. The lowest BCUT2D eigenvalue weighted by molar-refractivity contribution is 0.764. The molecule has 1 aliphatic carbocycles. The van der Waals surface area contributed by atoms with Gasteiger partial charge in [-0.25, -0.2) is 0 Å². The molecule has 2 rings (SSSR count). The normalized spacial score (nSPS) is 16.4. The number of fused-ring (bicyclic) bond motifs is 1. The molecule has 1 N–H and O–H groups in total. The summed E-state index contributed by atoms with van der Waals surface area (Å²) >= 11 is 0. The average molecular weight is 189 g/mol. The Bertz CT molecular complexity index is 317. The van der Waals surface area contributed by atoms with Crippen molar-refractivity contribution in [2.45, 2.75) is 45.6 Å². The van der Waals surface area contributed by atoms with Crippen molar-refractivity contribution < 1.29 is 0 Å². The van der Waals surface area contributed by atoms with Crippen molar-refractivity contribution in [2.75, 3.05) is 5.32 Å². The van der Waals surface area contributed by atoms with Gasteiger partial charge in [-0.15, -0.1) is 0 Å². The van der Waals surface area contributed by atoms with Gasteiger partial charge >= 0.3 is 0 Å². The van der Waals surface area contributed by atoms with Crippen LogP contribution in [0.2, 0.25) is 0 Å². The van der Waals surface area contributed by atoms with Crippen molar-refractivity contribution in [1.82, 2.24) is 0 Å². The summed E-state index contributed by atoms with van der Waals surface area (Å²) in [4.78, 5) is 0. The van der Waals surface area contributed by atoms with Crippen molar-refractivity contribution in [3.8, 4) is 0 Å². The lowest BCUT2D eigenvalue weighted by Gasteiger charge is -2.13. The Kier molecular flexibility index (Phi) is 2.76. The third-order valence-corrected chi connectivity index (χ3v) is 3.12. The SMILES string of the molecule is CCC(C)Nc1ccc2c(c1)CCC2. The molecule has 1 aliphatic rings. The molecule has 0 fully saturated rings. The molecule has 1 atom stereocenters. The van der Waals surface area contributed by atoms with Crippen LogP contribution in [0.3, 0.4) is 0 Å². The lowest BCUT2D eigenvalue weighted by Crippen LogP contribution is -2.13. The van der Waals surface area contributed by atoms with E-state index in [4.69, 9.17) is 0 Å². The van der Waals surface area contributed by atoms with Crippen LogP contribution in [0.4, 0.5) is 5.69 Å². The summed E-state index contributed by atoms with van der Waals surface area (Å²) in [6, 6.07) is 7.41. The third-order valence-electron chi connectivity index (χ3n) is 3.12. The maximum atomic E-state index is 3.52. The van der Waals surface area contributed by atoms with E-state index in [0.29, 0.717) is 6.04 Å². The van der Waals surface area contributed by atoms with E-state index in [1.54, 1.807) is 11.1 Å². The summed E-state index contributed by atoms with van der Waals surface area (Å²) in [5, 5.41) is 3.52. The van der Waals surface area contributed by atoms with E-state index in [-0.39, 0.29) is 0 Å². The van der Waals surface area contributed by atoms with E-state index in [9.17, 15) is 0 Å². The van der Waals surface area contributed by atoms with Crippen LogP contribution < -0.4 is 5.32 Å². The molecule has 14 heavy (non-hydrogen) atoms. The minimum absolute atomic E-state index is 0.578. The lowest BCUT2D eigenvalue weighted by atomic mass is 10.1. The third kappa shape index (κ3) is 1.92. The number of nitrogens with one attached hydrogen (secondary N) is 1. The molecular weight excluding hydrogens is 170 g/mol. The van der Waals surface area contributed by atoms with Crippen molar-refractivity contribution >= 4 is 5.69 Å². The molecule has 1 unspecified atom stereocenters. The summed E-state index contributed by atoms with van der Waals surface area (Å²) in [6.07, 6.45) is 5.06. The van der Waals surface area contributed by atoms with E-state index in [1.807, 2.05) is 0 Å². The number of hydrogen-bond acceptors (Lipinski definition) is 1. The minimum atomic E-state index is 0.578. The van der Waals surface area contributed by atoms with Gasteiger partial charge in [0.15, 0.2) is 0 Å². The minimum Gasteiger partial charge on any atom is -0.383 e. The molecule has 1 heteroatoms. The molecule has 0 amide bonds. The maximum absolute atomic E-state index is 3.52. The largest absolute Gasteiger partial charge is 0.383 e. The van der Waals surface area contributed by atoms with Crippen LogP contribution in [0.1, 0.15) is 37.8 Å². The highest BCUT2D eigenvalue weighted by atomic mass is 14.9. The fourth-order valence-corrected chi connectivity index (χ4v) is 2.05. The second kappa shape index (κ2) is 4.04. The summed E-state index contributed by atoms with van der Waals surface area (Å²) < 4.78 is 0. The van der Waals surface area contributed by atoms with Gasteiger partial charge in [-0.05, 0) is 55.9 Å². The zero-order valence-electron chi connectivity index (χ0n) is 9.14. The van der Waals surface area contributed by atoms with Gasteiger partial charge in [0.25, 0.3) is 0 Å². The average Bonchev–Trinajstić information content (AvgIpc) is 2.64. The Morgan fingerprint density at radius 2 is 2.07 bits per heavy atom. The zero-order chi connectivity index (χ0) is 9.97. The predicted molar refractivity (Wildman–Crippen MR) is 61.8 cm³/mol. The van der Waals surface area contributed by atoms with E-state index >= 15 is 0 Å². The van der Waals surface area contributed by atoms with E-state index in [2.05, 4.69) is 37.4 Å². The van der Waals surface area contributed by atoms with Crippen LogP contribution in [0, 0.1) is 0 Å². The Morgan fingerprint density at radius 3 is 2.86 bits per heavy atom. The topological polar surface area (TPSA) is 12.0 Å². The molecule has 0 saturated carbocycles. The zero-order valence-corrected chi connectivity index (χ0v) is 9.14. The van der Waals surface area contributed by atoms with Crippen LogP contribution >= 0.6 is 0 Å². The van der Waals surface area contributed by atoms with Gasteiger partial charge in [0.2, 0.25) is 0 Å². The maximum Gasteiger partial charge on any atom is 0.0345 e. The summed E-state index contributed by atoms with van der Waals surface area (Å²) in [7, 11) is 0. The fraction of sp³-hybridized carbons (Fsp3) is 0.538. The van der Waals surface area contributed by atoms with E-state index in [0.717, 1.165) is 0 Å². The van der Waals surface area contributed by atoms with Crippen molar-refractivity contribution in [1.29, 1.82) is 0 Å². The van der Waals surface area contributed by atoms with Crippen LogP contribution in [-0.4, -0.2) is 6.04 Å².